The van der Waals surface area contributed by atoms with Crippen molar-refractivity contribution in [1.29, 1.82) is 0 Å². The summed E-state index contributed by atoms with van der Waals surface area (Å²) in [6.45, 7) is 1.49. The third kappa shape index (κ3) is 3.06. The molecular weight excluding hydrogens is 270 g/mol. The van der Waals surface area contributed by atoms with Crippen LogP contribution in [-0.4, -0.2) is 25.0 Å². The van der Waals surface area contributed by atoms with Gasteiger partial charge in [-0.2, -0.15) is 0 Å². The van der Waals surface area contributed by atoms with Gasteiger partial charge in [0.1, 0.15) is 6.42 Å². The maximum atomic E-state index is 11.6. The third-order valence-electron chi connectivity index (χ3n) is 4.07. The van der Waals surface area contributed by atoms with Crippen LogP contribution in [0, 0.1) is 5.92 Å². The van der Waals surface area contributed by atoms with E-state index in [9.17, 15) is 9.59 Å². The van der Waals surface area contributed by atoms with Gasteiger partial charge in [0.05, 0.1) is 11.4 Å². The molecule has 6 nitrogen and oxygen atoms in total. The van der Waals surface area contributed by atoms with Crippen LogP contribution in [0.2, 0.25) is 0 Å². The molecule has 0 saturated carbocycles. The Labute approximate surface area is 123 Å². The Balaban J connectivity index is 1.84. The molecule has 3 rings (SSSR count). The van der Waals surface area contributed by atoms with E-state index in [1.807, 2.05) is 12.1 Å². The minimum absolute atomic E-state index is 0.0879. The van der Waals surface area contributed by atoms with Gasteiger partial charge >= 0.3 is 0 Å². The molecule has 0 bridgehead atoms. The Bertz CT molecular complexity index is 567. The average molecular weight is 289 g/mol. The Kier molecular flexibility index (Phi) is 3.90. The number of ether oxygens (including phenoxy) is 1. The molecule has 0 aromatic heterocycles. The summed E-state index contributed by atoms with van der Waals surface area (Å²) in [7, 11) is 0. The summed E-state index contributed by atoms with van der Waals surface area (Å²) in [6, 6.07) is 5.48. The number of hydrogen-bond donors (Lipinski definition) is 3. The first kappa shape index (κ1) is 14.0. The molecule has 2 aliphatic heterocycles. The molecule has 1 atom stereocenters. The van der Waals surface area contributed by atoms with Crippen molar-refractivity contribution in [3.8, 4) is 0 Å². The second kappa shape index (κ2) is 5.83. The van der Waals surface area contributed by atoms with Crippen LogP contribution in [0.1, 0.15) is 30.9 Å². The highest BCUT2D eigenvalue weighted by Crippen LogP contribution is 2.33. The number of rotatable bonds is 2. The third-order valence-corrected chi connectivity index (χ3v) is 4.07. The van der Waals surface area contributed by atoms with Gasteiger partial charge in [-0.15, -0.1) is 0 Å². The summed E-state index contributed by atoms with van der Waals surface area (Å²) in [5.74, 6) is -0.219. The SMILES string of the molecule is NC(c1ccc2c(c1)NC(=O)CC(=O)N2)C1CCOCC1. The van der Waals surface area contributed by atoms with E-state index >= 15 is 0 Å². The van der Waals surface area contributed by atoms with Crippen LogP contribution in [-0.2, 0) is 14.3 Å². The molecule has 0 radical (unpaired) electrons. The summed E-state index contributed by atoms with van der Waals surface area (Å²) >= 11 is 0. The minimum Gasteiger partial charge on any atom is -0.381 e. The zero-order chi connectivity index (χ0) is 14.8. The molecule has 2 aliphatic rings. The molecule has 1 aromatic carbocycles. The molecule has 2 heterocycles. The van der Waals surface area contributed by atoms with E-state index < -0.39 is 0 Å². The lowest BCUT2D eigenvalue weighted by atomic mass is 9.87. The number of carbonyl (C=O) groups is 2. The van der Waals surface area contributed by atoms with Crippen molar-refractivity contribution in [3.63, 3.8) is 0 Å². The van der Waals surface area contributed by atoms with E-state index in [0.717, 1.165) is 31.6 Å². The maximum Gasteiger partial charge on any atom is 0.233 e. The summed E-state index contributed by atoms with van der Waals surface area (Å²) < 4.78 is 5.36. The second-order valence-corrected chi connectivity index (χ2v) is 5.55. The normalized spacial score (nSPS) is 21.0. The zero-order valence-electron chi connectivity index (χ0n) is 11.7. The number of carbonyl (C=O) groups excluding carboxylic acids is 2. The van der Waals surface area contributed by atoms with Gasteiger partial charge in [0.2, 0.25) is 11.8 Å². The standard InChI is InChI=1S/C15H19N3O3/c16-15(9-3-5-21-6-4-9)10-1-2-11-12(7-10)18-14(20)8-13(19)17-11/h1-2,7,9,15H,3-6,8,16H2,(H,17,19)(H,18,20). The molecule has 1 unspecified atom stereocenters. The van der Waals surface area contributed by atoms with Gasteiger partial charge in [0.25, 0.3) is 0 Å². The molecule has 0 aliphatic carbocycles. The Morgan fingerprint density at radius 1 is 1.10 bits per heavy atom. The largest absolute Gasteiger partial charge is 0.381 e. The fourth-order valence-corrected chi connectivity index (χ4v) is 2.86. The van der Waals surface area contributed by atoms with E-state index in [1.165, 1.54) is 0 Å². The van der Waals surface area contributed by atoms with Gasteiger partial charge < -0.3 is 21.1 Å². The fourth-order valence-electron chi connectivity index (χ4n) is 2.86. The van der Waals surface area contributed by atoms with Crippen LogP contribution in [0.15, 0.2) is 18.2 Å². The number of benzene rings is 1. The monoisotopic (exact) mass is 289 g/mol. The lowest BCUT2D eigenvalue weighted by molar-refractivity contribution is -0.123. The van der Waals surface area contributed by atoms with E-state index in [0.29, 0.717) is 17.3 Å². The molecule has 0 spiro atoms. The van der Waals surface area contributed by atoms with Crippen molar-refractivity contribution < 1.29 is 14.3 Å². The quantitative estimate of drug-likeness (QED) is 0.717. The van der Waals surface area contributed by atoms with Crippen LogP contribution in [0.4, 0.5) is 11.4 Å². The van der Waals surface area contributed by atoms with Crippen molar-refractivity contribution in [2.45, 2.75) is 25.3 Å². The van der Waals surface area contributed by atoms with E-state index in [-0.39, 0.29) is 24.3 Å². The topological polar surface area (TPSA) is 93.5 Å². The molecular formula is C15H19N3O3. The Morgan fingerprint density at radius 3 is 2.48 bits per heavy atom. The minimum atomic E-state index is -0.303. The van der Waals surface area contributed by atoms with Crippen molar-refractivity contribution >= 4 is 23.2 Å². The van der Waals surface area contributed by atoms with Gasteiger partial charge in [-0.25, -0.2) is 0 Å². The van der Waals surface area contributed by atoms with Crippen LogP contribution in [0.5, 0.6) is 0 Å². The second-order valence-electron chi connectivity index (χ2n) is 5.55. The molecule has 21 heavy (non-hydrogen) atoms. The number of hydrogen-bond acceptors (Lipinski definition) is 4. The van der Waals surface area contributed by atoms with E-state index in [2.05, 4.69) is 10.6 Å². The van der Waals surface area contributed by atoms with Gasteiger partial charge in [-0.05, 0) is 36.5 Å². The van der Waals surface area contributed by atoms with Crippen molar-refractivity contribution in [1.82, 2.24) is 0 Å². The van der Waals surface area contributed by atoms with E-state index in [1.54, 1.807) is 6.07 Å². The Hall–Kier alpha value is -1.92. The maximum absolute atomic E-state index is 11.6. The summed E-state index contributed by atoms with van der Waals surface area (Å²) in [6.07, 6.45) is 1.73. The van der Waals surface area contributed by atoms with Gasteiger partial charge in [-0.1, -0.05) is 6.07 Å². The summed E-state index contributed by atoms with van der Waals surface area (Å²) in [5.41, 5.74) is 8.55. The smallest absolute Gasteiger partial charge is 0.233 e. The fraction of sp³-hybridized carbons (Fsp3) is 0.467. The predicted octanol–water partition coefficient (Wildman–Crippen LogP) is 1.39. The zero-order valence-corrected chi connectivity index (χ0v) is 11.7. The highest BCUT2D eigenvalue weighted by molar-refractivity contribution is 6.13. The van der Waals surface area contributed by atoms with Crippen LogP contribution < -0.4 is 16.4 Å². The van der Waals surface area contributed by atoms with E-state index in [4.69, 9.17) is 10.5 Å². The van der Waals surface area contributed by atoms with Gasteiger partial charge in [-0.3, -0.25) is 9.59 Å². The number of anilines is 2. The molecule has 1 fully saturated rings. The molecule has 1 saturated heterocycles. The first-order valence-corrected chi connectivity index (χ1v) is 7.20. The van der Waals surface area contributed by atoms with Gasteiger partial charge in [0.15, 0.2) is 0 Å². The number of fused-ring (bicyclic) bond motifs is 1. The molecule has 2 amide bonds. The highest BCUT2D eigenvalue weighted by atomic mass is 16.5. The van der Waals surface area contributed by atoms with Crippen molar-refractivity contribution in [3.05, 3.63) is 23.8 Å². The average Bonchev–Trinajstić information content (AvgIpc) is 2.63. The lowest BCUT2D eigenvalue weighted by Gasteiger charge is -2.28. The molecule has 4 N–H and O–H groups in total. The number of amides is 2. The van der Waals surface area contributed by atoms with Crippen molar-refractivity contribution in [2.75, 3.05) is 23.8 Å². The van der Waals surface area contributed by atoms with Crippen LogP contribution in [0.3, 0.4) is 0 Å². The van der Waals surface area contributed by atoms with Crippen molar-refractivity contribution in [2.24, 2.45) is 11.7 Å². The summed E-state index contributed by atoms with van der Waals surface area (Å²) in [4.78, 5) is 23.1. The Morgan fingerprint density at radius 2 is 1.76 bits per heavy atom. The van der Waals surface area contributed by atoms with Gasteiger partial charge in [0, 0.05) is 19.3 Å². The highest BCUT2D eigenvalue weighted by Gasteiger charge is 2.24. The number of nitrogens with two attached hydrogens (primary N) is 1. The molecule has 1 aromatic rings. The molecule has 6 heteroatoms. The first-order chi connectivity index (χ1) is 10.1. The van der Waals surface area contributed by atoms with Crippen LogP contribution in [0.25, 0.3) is 0 Å². The lowest BCUT2D eigenvalue weighted by Crippen LogP contribution is -2.27. The summed E-state index contributed by atoms with van der Waals surface area (Å²) in [5, 5.41) is 5.46. The van der Waals surface area contributed by atoms with Crippen LogP contribution >= 0.6 is 0 Å². The first-order valence-electron chi connectivity index (χ1n) is 7.20. The molecule has 112 valence electrons. The predicted molar refractivity (Wildman–Crippen MR) is 78.8 cm³/mol. The number of nitrogens with one attached hydrogen (secondary N) is 2.